The Balaban J connectivity index is 1.28. The summed E-state index contributed by atoms with van der Waals surface area (Å²) in [4.78, 5) is 16.8. The molecule has 5 nitrogen and oxygen atoms in total. The van der Waals surface area contributed by atoms with E-state index in [-0.39, 0.29) is 12.0 Å². The van der Waals surface area contributed by atoms with Crippen molar-refractivity contribution in [1.82, 2.24) is 10.6 Å². The van der Waals surface area contributed by atoms with Gasteiger partial charge in [-0.3, -0.25) is 10.3 Å². The minimum Gasteiger partial charge on any atom is -0.448 e. The lowest BCUT2D eigenvalue weighted by molar-refractivity contribution is 0.148. The number of carbonyl (C=O) groups is 1. The van der Waals surface area contributed by atoms with Gasteiger partial charge in [-0.1, -0.05) is 60.3 Å². The molecule has 3 aliphatic rings. The number of thioether (sulfide) groups is 1. The Morgan fingerprint density at radius 3 is 2.50 bits per heavy atom. The number of ether oxygens (including phenoxy) is 1. The molecule has 5 rings (SSSR count). The fourth-order valence-corrected chi connectivity index (χ4v) is 5.14. The minimum atomic E-state index is -0.425. The summed E-state index contributed by atoms with van der Waals surface area (Å²) in [6, 6.07) is 16.9. The first-order chi connectivity index (χ1) is 12.8. The molecule has 0 bridgehead atoms. The summed E-state index contributed by atoms with van der Waals surface area (Å²) in [5.74, 6) is 0.0786. The predicted octanol–water partition coefficient (Wildman–Crippen LogP) is 2.97. The van der Waals surface area contributed by atoms with E-state index in [0.29, 0.717) is 17.0 Å². The summed E-state index contributed by atoms with van der Waals surface area (Å²) in [6.45, 7) is 2.15. The van der Waals surface area contributed by atoms with Crippen molar-refractivity contribution in [2.24, 2.45) is 4.99 Å². The van der Waals surface area contributed by atoms with Crippen molar-refractivity contribution in [2.75, 3.05) is 19.7 Å². The average molecular weight is 365 g/mol. The Labute approximate surface area is 156 Å². The first-order valence-electron chi connectivity index (χ1n) is 8.87. The Bertz CT molecular complexity index is 853. The quantitative estimate of drug-likeness (QED) is 0.859. The molecule has 1 fully saturated rings. The van der Waals surface area contributed by atoms with Gasteiger partial charge >= 0.3 is 6.09 Å². The fraction of sp³-hybridized carbons (Fsp3) is 0.300. The van der Waals surface area contributed by atoms with E-state index >= 15 is 0 Å². The van der Waals surface area contributed by atoms with E-state index < -0.39 is 6.09 Å². The third-order valence-corrected chi connectivity index (χ3v) is 6.44. The van der Waals surface area contributed by atoms with Gasteiger partial charge in [0.15, 0.2) is 5.17 Å². The van der Waals surface area contributed by atoms with Crippen LogP contribution in [0.1, 0.15) is 17.0 Å². The van der Waals surface area contributed by atoms with Gasteiger partial charge < -0.3 is 10.1 Å². The first-order valence-corrected chi connectivity index (χ1v) is 9.75. The van der Waals surface area contributed by atoms with Gasteiger partial charge in [-0.25, -0.2) is 4.79 Å². The molecule has 0 spiro atoms. The maximum Gasteiger partial charge on any atom is 0.413 e. The van der Waals surface area contributed by atoms with Crippen LogP contribution in [0.15, 0.2) is 53.5 Å². The molecule has 26 heavy (non-hydrogen) atoms. The number of carbonyl (C=O) groups excluding carboxylic acids is 1. The van der Waals surface area contributed by atoms with Crippen LogP contribution >= 0.6 is 11.8 Å². The molecule has 2 aliphatic heterocycles. The molecule has 132 valence electrons. The number of rotatable bonds is 2. The summed E-state index contributed by atoms with van der Waals surface area (Å²) in [7, 11) is 0. The van der Waals surface area contributed by atoms with Crippen molar-refractivity contribution in [2.45, 2.75) is 17.2 Å². The lowest BCUT2D eigenvalue weighted by Gasteiger charge is -2.14. The Morgan fingerprint density at radius 2 is 1.81 bits per heavy atom. The number of hydrogen-bond acceptors (Lipinski definition) is 5. The number of amidine groups is 1. The van der Waals surface area contributed by atoms with E-state index in [1.807, 2.05) is 24.3 Å². The van der Waals surface area contributed by atoms with Gasteiger partial charge in [-0.05, 0) is 22.3 Å². The van der Waals surface area contributed by atoms with Crippen LogP contribution in [0.5, 0.6) is 0 Å². The zero-order valence-electron chi connectivity index (χ0n) is 14.1. The molecule has 0 radical (unpaired) electrons. The topological polar surface area (TPSA) is 62.7 Å². The first kappa shape index (κ1) is 15.9. The van der Waals surface area contributed by atoms with E-state index in [9.17, 15) is 4.79 Å². The molecule has 0 aromatic heterocycles. The highest BCUT2D eigenvalue weighted by molar-refractivity contribution is 8.14. The van der Waals surface area contributed by atoms with Crippen LogP contribution < -0.4 is 10.6 Å². The van der Waals surface area contributed by atoms with E-state index in [1.54, 1.807) is 11.8 Å². The van der Waals surface area contributed by atoms with E-state index in [1.165, 1.54) is 22.3 Å². The zero-order chi connectivity index (χ0) is 17.5. The van der Waals surface area contributed by atoms with E-state index in [0.717, 1.165) is 13.1 Å². The maximum atomic E-state index is 12.3. The number of hydrogen-bond donors (Lipinski definition) is 2. The second-order valence-electron chi connectivity index (χ2n) is 6.77. The van der Waals surface area contributed by atoms with Gasteiger partial charge in [0.1, 0.15) is 6.61 Å². The molecule has 0 saturated carbocycles. The highest BCUT2D eigenvalue weighted by Gasteiger charge is 2.35. The highest BCUT2D eigenvalue weighted by Crippen LogP contribution is 2.44. The summed E-state index contributed by atoms with van der Waals surface area (Å²) in [6.07, 6.45) is -0.425. The molecule has 1 aliphatic carbocycles. The van der Waals surface area contributed by atoms with Crippen LogP contribution in [0.2, 0.25) is 0 Å². The van der Waals surface area contributed by atoms with Crippen molar-refractivity contribution >= 4 is 23.0 Å². The van der Waals surface area contributed by atoms with Crippen LogP contribution in [-0.2, 0) is 4.74 Å². The van der Waals surface area contributed by atoms with Crippen LogP contribution in [0, 0.1) is 0 Å². The summed E-state index contributed by atoms with van der Waals surface area (Å²) in [5, 5.41) is 7.22. The minimum absolute atomic E-state index is 0.0786. The molecular formula is C20H19N3O2S. The molecule has 1 saturated heterocycles. The lowest BCUT2D eigenvalue weighted by Crippen LogP contribution is -2.30. The summed E-state index contributed by atoms with van der Waals surface area (Å²) in [5.41, 5.74) is 4.89. The smallest absolute Gasteiger partial charge is 0.413 e. The normalized spacial score (nSPS) is 23.2. The van der Waals surface area contributed by atoms with Crippen molar-refractivity contribution in [1.29, 1.82) is 0 Å². The maximum absolute atomic E-state index is 12.3. The summed E-state index contributed by atoms with van der Waals surface area (Å²) < 4.78 is 5.56. The molecular weight excluding hydrogens is 346 g/mol. The van der Waals surface area contributed by atoms with Crippen molar-refractivity contribution in [3.05, 3.63) is 59.7 Å². The Morgan fingerprint density at radius 1 is 1.12 bits per heavy atom. The average Bonchev–Trinajstić information content (AvgIpc) is 3.32. The second kappa shape index (κ2) is 6.45. The van der Waals surface area contributed by atoms with Crippen LogP contribution in [0.3, 0.4) is 0 Å². The van der Waals surface area contributed by atoms with Crippen molar-refractivity contribution < 1.29 is 9.53 Å². The molecule has 2 aromatic carbocycles. The number of nitrogens with one attached hydrogen (secondary N) is 2. The van der Waals surface area contributed by atoms with Gasteiger partial charge in [0.05, 0.1) is 6.04 Å². The third kappa shape index (κ3) is 2.70. The fourth-order valence-electron chi connectivity index (χ4n) is 4.00. The van der Waals surface area contributed by atoms with Gasteiger partial charge in [-0.15, -0.1) is 0 Å². The molecule has 2 heterocycles. The van der Waals surface area contributed by atoms with Crippen molar-refractivity contribution in [3.63, 3.8) is 0 Å². The summed E-state index contributed by atoms with van der Waals surface area (Å²) >= 11 is 1.62. The number of fused-ring (bicyclic) bond motifs is 4. The number of alkyl carbamates (subject to hydrolysis) is 1. The van der Waals surface area contributed by atoms with Crippen LogP contribution in [0.25, 0.3) is 11.1 Å². The molecule has 2 unspecified atom stereocenters. The number of amides is 1. The van der Waals surface area contributed by atoms with Crippen LogP contribution in [0.4, 0.5) is 4.79 Å². The van der Waals surface area contributed by atoms with Crippen LogP contribution in [-0.4, -0.2) is 42.2 Å². The standard InChI is InChI=1S/C20H19N3O2S/c24-20(23-19-22-17-9-21-10-18(17)26-19)25-11-16-14-7-3-1-5-12(14)13-6-2-4-8-15(13)16/h1-8,16-18,21H,9-11H2,(H,22,23,24). The largest absolute Gasteiger partial charge is 0.448 e. The molecule has 2 N–H and O–H groups in total. The van der Waals surface area contributed by atoms with Gasteiger partial charge in [0.25, 0.3) is 0 Å². The highest BCUT2D eigenvalue weighted by atomic mass is 32.2. The van der Waals surface area contributed by atoms with Crippen molar-refractivity contribution in [3.8, 4) is 11.1 Å². The molecule has 2 aromatic rings. The number of nitrogens with zero attached hydrogens (tertiary/aromatic N) is 1. The van der Waals surface area contributed by atoms with Gasteiger partial charge in [0.2, 0.25) is 0 Å². The van der Waals surface area contributed by atoms with E-state index in [2.05, 4.69) is 39.9 Å². The molecule has 6 heteroatoms. The molecule has 2 atom stereocenters. The molecule has 1 amide bonds. The van der Waals surface area contributed by atoms with Gasteiger partial charge in [0, 0.05) is 24.3 Å². The third-order valence-electron chi connectivity index (χ3n) is 5.23. The van der Waals surface area contributed by atoms with E-state index in [4.69, 9.17) is 4.74 Å². The number of aliphatic imine (C=N–C) groups is 1. The Kier molecular flexibility index (Phi) is 3.94. The monoisotopic (exact) mass is 365 g/mol. The number of benzene rings is 2. The SMILES string of the molecule is O=C(NC1=NC2CNCC2S1)OCC1c2ccccc2-c2ccccc21. The second-order valence-corrected chi connectivity index (χ2v) is 7.99. The van der Waals surface area contributed by atoms with Gasteiger partial charge in [-0.2, -0.15) is 0 Å². The lowest BCUT2D eigenvalue weighted by atomic mass is 9.98. The Hall–Kier alpha value is -2.31. The predicted molar refractivity (Wildman–Crippen MR) is 104 cm³/mol. The zero-order valence-corrected chi connectivity index (χ0v) is 15.0.